The van der Waals surface area contributed by atoms with Gasteiger partial charge in [-0.25, -0.2) is 8.42 Å². The molecule has 3 aromatic carbocycles. The Morgan fingerprint density at radius 2 is 1.56 bits per heavy atom. The first-order chi connectivity index (χ1) is 16.4. The number of carbonyl (C=O) groups excluding carboxylic acids is 1. The summed E-state index contributed by atoms with van der Waals surface area (Å²) in [6, 6.07) is 27.2. The van der Waals surface area contributed by atoms with Gasteiger partial charge in [0.1, 0.15) is 11.4 Å². The Morgan fingerprint density at radius 3 is 2.21 bits per heavy atom. The highest BCUT2D eigenvalue weighted by Gasteiger charge is 2.14. The fraction of sp³-hybridized carbons (Fsp3) is 0.111. The van der Waals surface area contributed by atoms with E-state index in [1.54, 1.807) is 31.3 Å². The lowest BCUT2D eigenvalue weighted by Crippen LogP contribution is -2.15. The van der Waals surface area contributed by atoms with E-state index in [1.807, 2.05) is 60.7 Å². The molecule has 34 heavy (non-hydrogen) atoms. The summed E-state index contributed by atoms with van der Waals surface area (Å²) in [7, 11) is -3.27. The minimum atomic E-state index is -3.27. The number of aromatic nitrogens is 1. The van der Waals surface area contributed by atoms with Gasteiger partial charge in [0.05, 0.1) is 29.0 Å². The van der Waals surface area contributed by atoms with E-state index in [0.29, 0.717) is 28.4 Å². The van der Waals surface area contributed by atoms with Gasteiger partial charge in [-0.1, -0.05) is 67.6 Å². The lowest BCUT2D eigenvalue weighted by atomic mass is 10.1. The van der Waals surface area contributed by atoms with Gasteiger partial charge in [0, 0.05) is 11.6 Å². The lowest BCUT2D eigenvalue weighted by molar-refractivity contribution is -0.115. The normalized spacial score (nSPS) is 11.1. The van der Waals surface area contributed by atoms with Crippen LogP contribution in [-0.4, -0.2) is 25.1 Å². The van der Waals surface area contributed by atoms with Crippen molar-refractivity contribution in [1.82, 2.24) is 4.98 Å². The van der Waals surface area contributed by atoms with E-state index in [4.69, 9.17) is 4.74 Å². The van der Waals surface area contributed by atoms with Gasteiger partial charge in [-0.2, -0.15) is 0 Å². The average molecular weight is 473 g/mol. The zero-order chi connectivity index (χ0) is 24.0. The van der Waals surface area contributed by atoms with E-state index < -0.39 is 9.84 Å². The number of benzene rings is 3. The maximum Gasteiger partial charge on any atom is 0.228 e. The monoisotopic (exact) mass is 472 g/mol. The molecule has 7 heteroatoms. The van der Waals surface area contributed by atoms with Crippen molar-refractivity contribution >= 4 is 21.4 Å². The number of pyridine rings is 1. The van der Waals surface area contributed by atoms with Gasteiger partial charge in [0.2, 0.25) is 5.91 Å². The number of rotatable bonds is 8. The van der Waals surface area contributed by atoms with Crippen LogP contribution in [0.5, 0.6) is 11.5 Å². The Hall–Kier alpha value is -3.97. The third-order valence-corrected chi connectivity index (χ3v) is 6.93. The second-order valence-electron chi connectivity index (χ2n) is 7.62. The van der Waals surface area contributed by atoms with Crippen molar-refractivity contribution in [3.63, 3.8) is 0 Å². The highest BCUT2D eigenvalue weighted by molar-refractivity contribution is 7.91. The van der Waals surface area contributed by atoms with E-state index in [9.17, 15) is 13.2 Å². The molecule has 0 unspecified atom stereocenters. The summed E-state index contributed by atoms with van der Waals surface area (Å²) in [5, 5.41) is 2.85. The molecular weight excluding hydrogens is 448 g/mol. The molecule has 1 N–H and O–H groups in total. The standard InChI is InChI=1S/C27H24N2O4S/c1-2-34(31,32)24-15-13-20(14-16-24)17-26(30)29-22-18-25(33-23-11-7-4-8-12-23)27(28-19-22)21-9-5-3-6-10-21/h3-16,18-19H,2,17H2,1H3,(H,29,30). The molecule has 0 fully saturated rings. The Kier molecular flexibility index (Phi) is 7.04. The molecule has 1 aromatic heterocycles. The van der Waals surface area contributed by atoms with Crippen LogP contribution in [0.25, 0.3) is 11.3 Å². The summed E-state index contributed by atoms with van der Waals surface area (Å²) < 4.78 is 30.0. The number of sulfone groups is 1. The van der Waals surface area contributed by atoms with Gasteiger partial charge in [0.15, 0.2) is 15.6 Å². The van der Waals surface area contributed by atoms with E-state index >= 15 is 0 Å². The van der Waals surface area contributed by atoms with Crippen molar-refractivity contribution < 1.29 is 17.9 Å². The third kappa shape index (κ3) is 5.68. The summed E-state index contributed by atoms with van der Waals surface area (Å²) >= 11 is 0. The maximum atomic E-state index is 12.6. The minimum absolute atomic E-state index is 0.0339. The van der Waals surface area contributed by atoms with E-state index in [2.05, 4.69) is 10.3 Å². The zero-order valence-corrected chi connectivity index (χ0v) is 19.5. The lowest BCUT2D eigenvalue weighted by Gasteiger charge is -2.13. The predicted octanol–water partition coefficient (Wildman–Crippen LogP) is 5.52. The third-order valence-electron chi connectivity index (χ3n) is 5.18. The first-order valence-electron chi connectivity index (χ1n) is 10.8. The van der Waals surface area contributed by atoms with Crippen LogP contribution >= 0.6 is 0 Å². The molecule has 0 radical (unpaired) electrons. The Bertz CT molecular complexity index is 1370. The van der Waals surface area contributed by atoms with Gasteiger partial charge in [-0.15, -0.1) is 0 Å². The van der Waals surface area contributed by atoms with Gasteiger partial charge in [0.25, 0.3) is 0 Å². The molecular formula is C27H24N2O4S. The number of carbonyl (C=O) groups is 1. The quantitative estimate of drug-likeness (QED) is 0.365. The summed E-state index contributed by atoms with van der Waals surface area (Å²) in [5.41, 5.74) is 2.77. The van der Waals surface area contributed by atoms with Crippen LogP contribution in [0.15, 0.2) is 102 Å². The largest absolute Gasteiger partial charge is 0.455 e. The number of nitrogens with one attached hydrogen (secondary N) is 1. The molecule has 0 aliphatic heterocycles. The molecule has 1 amide bonds. The average Bonchev–Trinajstić information content (AvgIpc) is 2.86. The van der Waals surface area contributed by atoms with Crippen LogP contribution < -0.4 is 10.1 Å². The molecule has 1 heterocycles. The Labute approximate surface area is 199 Å². The van der Waals surface area contributed by atoms with Gasteiger partial charge >= 0.3 is 0 Å². The second-order valence-corrected chi connectivity index (χ2v) is 9.90. The molecule has 0 atom stereocenters. The van der Waals surface area contributed by atoms with Crippen LogP contribution in [0.3, 0.4) is 0 Å². The summed E-state index contributed by atoms with van der Waals surface area (Å²) in [5.74, 6) is 0.967. The molecule has 0 saturated heterocycles. The van der Waals surface area contributed by atoms with Crippen molar-refractivity contribution in [3.8, 4) is 22.8 Å². The predicted molar refractivity (Wildman–Crippen MR) is 133 cm³/mol. The number of para-hydroxylation sites is 1. The van der Waals surface area contributed by atoms with E-state index in [1.165, 1.54) is 12.1 Å². The topological polar surface area (TPSA) is 85.4 Å². The molecule has 172 valence electrons. The number of hydrogen-bond donors (Lipinski definition) is 1. The summed E-state index contributed by atoms with van der Waals surface area (Å²) in [6.07, 6.45) is 1.69. The maximum absolute atomic E-state index is 12.6. The SMILES string of the molecule is CCS(=O)(=O)c1ccc(CC(=O)Nc2cnc(-c3ccccc3)c(Oc3ccccc3)c2)cc1. The smallest absolute Gasteiger partial charge is 0.228 e. The summed E-state index contributed by atoms with van der Waals surface area (Å²) in [4.78, 5) is 17.4. The number of ether oxygens (including phenoxy) is 1. The molecule has 0 bridgehead atoms. The van der Waals surface area contributed by atoms with Crippen molar-refractivity contribution in [2.24, 2.45) is 0 Å². The molecule has 0 aliphatic carbocycles. The van der Waals surface area contributed by atoms with Crippen LogP contribution in [0.4, 0.5) is 5.69 Å². The van der Waals surface area contributed by atoms with Crippen LogP contribution in [0, 0.1) is 0 Å². The van der Waals surface area contributed by atoms with Crippen molar-refractivity contribution in [3.05, 3.63) is 103 Å². The fourth-order valence-corrected chi connectivity index (χ4v) is 4.28. The van der Waals surface area contributed by atoms with Gasteiger partial charge in [-0.3, -0.25) is 9.78 Å². The first kappa shape index (κ1) is 23.2. The summed E-state index contributed by atoms with van der Waals surface area (Å²) in [6.45, 7) is 1.60. The van der Waals surface area contributed by atoms with Gasteiger partial charge < -0.3 is 10.1 Å². The molecule has 0 aliphatic rings. The fourth-order valence-electron chi connectivity index (χ4n) is 3.39. The minimum Gasteiger partial charge on any atom is -0.455 e. The van der Waals surface area contributed by atoms with Crippen LogP contribution in [-0.2, 0) is 21.1 Å². The second kappa shape index (κ2) is 10.3. The zero-order valence-electron chi connectivity index (χ0n) is 18.6. The highest BCUT2D eigenvalue weighted by atomic mass is 32.2. The number of anilines is 1. The van der Waals surface area contributed by atoms with Crippen LogP contribution in [0.1, 0.15) is 12.5 Å². The molecule has 0 spiro atoms. The Morgan fingerprint density at radius 1 is 0.912 bits per heavy atom. The van der Waals surface area contributed by atoms with Crippen molar-refractivity contribution in [2.75, 3.05) is 11.1 Å². The van der Waals surface area contributed by atoms with Crippen molar-refractivity contribution in [1.29, 1.82) is 0 Å². The molecule has 0 saturated carbocycles. The molecule has 4 aromatic rings. The highest BCUT2D eigenvalue weighted by Crippen LogP contribution is 2.33. The first-order valence-corrected chi connectivity index (χ1v) is 12.5. The van der Waals surface area contributed by atoms with E-state index in [0.717, 1.165) is 5.56 Å². The Balaban J connectivity index is 1.53. The number of hydrogen-bond acceptors (Lipinski definition) is 5. The molecule has 6 nitrogen and oxygen atoms in total. The van der Waals surface area contributed by atoms with Crippen LogP contribution in [0.2, 0.25) is 0 Å². The number of amides is 1. The number of nitrogens with zero attached hydrogens (tertiary/aromatic N) is 1. The van der Waals surface area contributed by atoms with Gasteiger partial charge in [-0.05, 0) is 29.8 Å². The van der Waals surface area contributed by atoms with E-state index in [-0.39, 0.29) is 23.0 Å². The van der Waals surface area contributed by atoms with Crippen molar-refractivity contribution in [2.45, 2.75) is 18.2 Å². The molecule has 4 rings (SSSR count).